The fraction of sp³-hybridized carbons (Fsp3) is 0.459. The Morgan fingerprint density at radius 3 is 1.22 bits per heavy atom. The monoisotopic (exact) mass is 556 g/mol. The molecule has 4 aromatic rings. The molecule has 41 heavy (non-hydrogen) atoms. The van der Waals surface area contributed by atoms with Crippen molar-refractivity contribution >= 4 is 21.5 Å². The lowest BCUT2D eigenvalue weighted by Gasteiger charge is -2.19. The third kappa shape index (κ3) is 8.31. The first-order valence-electron chi connectivity index (χ1n) is 15.8. The first kappa shape index (κ1) is 30.6. The van der Waals surface area contributed by atoms with E-state index < -0.39 is 0 Å². The molecule has 0 aliphatic rings. The lowest BCUT2D eigenvalue weighted by atomic mass is 9.93. The zero-order chi connectivity index (χ0) is 28.9. The van der Waals surface area contributed by atoms with Crippen LogP contribution in [0.4, 0.5) is 0 Å². The summed E-state index contributed by atoms with van der Waals surface area (Å²) in [4.78, 5) is 0. The van der Waals surface area contributed by atoms with Gasteiger partial charge in [-0.3, -0.25) is 0 Å². The number of rotatable bonds is 18. The molecule has 0 heterocycles. The van der Waals surface area contributed by atoms with Crippen LogP contribution in [0.2, 0.25) is 0 Å². The molecule has 4 nitrogen and oxygen atoms in total. The van der Waals surface area contributed by atoms with Crippen LogP contribution >= 0.6 is 0 Å². The second kappa shape index (κ2) is 16.1. The Morgan fingerprint density at radius 1 is 0.439 bits per heavy atom. The van der Waals surface area contributed by atoms with Gasteiger partial charge in [0.05, 0.1) is 26.4 Å². The van der Waals surface area contributed by atoms with E-state index in [0.29, 0.717) is 19.6 Å². The predicted octanol–water partition coefficient (Wildman–Crippen LogP) is 10.3. The molecule has 4 rings (SSSR count). The molecule has 0 atom stereocenters. The van der Waals surface area contributed by atoms with Gasteiger partial charge in [-0.25, -0.2) is 0 Å². The van der Waals surface area contributed by atoms with Gasteiger partial charge in [0.15, 0.2) is 0 Å². The van der Waals surface area contributed by atoms with Crippen molar-refractivity contribution in [1.29, 1.82) is 0 Å². The summed E-state index contributed by atoms with van der Waals surface area (Å²) in [5.74, 6) is 3.73. The van der Waals surface area contributed by atoms with Crippen molar-refractivity contribution in [3.05, 3.63) is 71.8 Å². The fourth-order valence-electron chi connectivity index (χ4n) is 5.02. The molecule has 4 heteroatoms. The zero-order valence-corrected chi connectivity index (χ0v) is 25.6. The molecule has 4 aromatic carbocycles. The maximum atomic E-state index is 6.40. The summed E-state index contributed by atoms with van der Waals surface area (Å²) in [6.07, 6.45) is 9.33. The molecule has 0 N–H and O–H groups in total. The molecule has 0 saturated carbocycles. The van der Waals surface area contributed by atoms with Gasteiger partial charge in [-0.05, 0) is 83.6 Å². The maximum Gasteiger partial charge on any atom is 0.123 e. The third-order valence-corrected chi connectivity index (χ3v) is 7.52. The lowest BCUT2D eigenvalue weighted by Crippen LogP contribution is -2.05. The van der Waals surface area contributed by atoms with Gasteiger partial charge in [0.1, 0.15) is 23.0 Å². The van der Waals surface area contributed by atoms with E-state index in [9.17, 15) is 0 Å². The SMILES string of the molecule is CCCCOc1ccc2c(Cc3c(OCCCC)ccc4cc(OCCCC)ccc34)c(OCCCC)ccc2c1. The van der Waals surface area contributed by atoms with Gasteiger partial charge in [-0.15, -0.1) is 0 Å². The Balaban J connectivity index is 1.77. The summed E-state index contributed by atoms with van der Waals surface area (Å²) in [7, 11) is 0. The van der Waals surface area contributed by atoms with Crippen molar-refractivity contribution in [3.63, 3.8) is 0 Å². The summed E-state index contributed by atoms with van der Waals surface area (Å²) in [6, 6.07) is 21.5. The second-order valence-electron chi connectivity index (χ2n) is 10.8. The minimum absolute atomic E-state index is 0.709. The number of benzene rings is 4. The number of unbranched alkanes of at least 4 members (excludes halogenated alkanes) is 4. The highest BCUT2D eigenvalue weighted by molar-refractivity contribution is 5.92. The van der Waals surface area contributed by atoms with Crippen LogP contribution in [-0.2, 0) is 6.42 Å². The minimum Gasteiger partial charge on any atom is -0.494 e. The molecule has 220 valence electrons. The Bertz CT molecular complexity index is 1270. The molecule has 0 aromatic heterocycles. The van der Waals surface area contributed by atoms with E-state index >= 15 is 0 Å². The van der Waals surface area contributed by atoms with Gasteiger partial charge < -0.3 is 18.9 Å². The number of hydrogen-bond donors (Lipinski definition) is 0. The average Bonchev–Trinajstić information content (AvgIpc) is 2.99. The maximum absolute atomic E-state index is 6.40. The highest BCUT2D eigenvalue weighted by Crippen LogP contribution is 2.38. The molecule has 0 amide bonds. The van der Waals surface area contributed by atoms with Gasteiger partial charge >= 0.3 is 0 Å². The van der Waals surface area contributed by atoms with Gasteiger partial charge in [0, 0.05) is 17.5 Å². The molecular formula is C37H48O4. The van der Waals surface area contributed by atoms with Crippen LogP contribution in [-0.4, -0.2) is 26.4 Å². The van der Waals surface area contributed by atoms with E-state index in [4.69, 9.17) is 18.9 Å². The fourth-order valence-corrected chi connectivity index (χ4v) is 5.02. The van der Waals surface area contributed by atoms with Gasteiger partial charge in [0.25, 0.3) is 0 Å². The Hall–Kier alpha value is -3.40. The predicted molar refractivity (Wildman–Crippen MR) is 172 cm³/mol. The lowest BCUT2D eigenvalue weighted by molar-refractivity contribution is 0.304. The van der Waals surface area contributed by atoms with Crippen LogP contribution in [0.1, 0.15) is 90.2 Å². The van der Waals surface area contributed by atoms with E-state index in [1.807, 2.05) is 0 Å². The second-order valence-corrected chi connectivity index (χ2v) is 10.8. The first-order chi connectivity index (χ1) is 20.2. The van der Waals surface area contributed by atoms with E-state index in [1.165, 1.54) is 21.9 Å². The van der Waals surface area contributed by atoms with Crippen LogP contribution in [0, 0.1) is 0 Å². The van der Waals surface area contributed by atoms with E-state index in [-0.39, 0.29) is 0 Å². The summed E-state index contributed by atoms with van der Waals surface area (Å²) in [5, 5.41) is 4.71. The summed E-state index contributed by atoms with van der Waals surface area (Å²) < 4.78 is 24.9. The van der Waals surface area contributed by atoms with Crippen LogP contribution in [0.5, 0.6) is 23.0 Å². The molecule has 0 radical (unpaired) electrons. The largest absolute Gasteiger partial charge is 0.494 e. The molecule has 0 unspecified atom stereocenters. The summed E-state index contributed by atoms with van der Waals surface area (Å²) in [5.41, 5.74) is 2.38. The normalized spacial score (nSPS) is 11.2. The summed E-state index contributed by atoms with van der Waals surface area (Å²) >= 11 is 0. The Morgan fingerprint density at radius 2 is 0.829 bits per heavy atom. The number of hydrogen-bond acceptors (Lipinski definition) is 4. The molecule has 0 saturated heterocycles. The minimum atomic E-state index is 0.709. The number of ether oxygens (including phenoxy) is 4. The average molecular weight is 557 g/mol. The smallest absolute Gasteiger partial charge is 0.123 e. The van der Waals surface area contributed by atoms with Crippen molar-refractivity contribution < 1.29 is 18.9 Å². The quantitative estimate of drug-likeness (QED) is 0.114. The topological polar surface area (TPSA) is 36.9 Å². The molecule has 0 bridgehead atoms. The van der Waals surface area contributed by atoms with Crippen LogP contribution in [0.3, 0.4) is 0 Å². The van der Waals surface area contributed by atoms with Crippen molar-refractivity contribution in [2.24, 2.45) is 0 Å². The standard InChI is InChI=1S/C37H48O4/c1-5-9-21-38-30-15-17-32-28(25-30)13-19-36(40-23-11-7-3)34(32)27-35-33-18-16-31(39-22-10-6-2)26-29(33)14-20-37(35)41-24-12-8-4/h13-20,25-26H,5-12,21-24,27H2,1-4H3. The van der Waals surface area contributed by atoms with Crippen molar-refractivity contribution in [3.8, 4) is 23.0 Å². The third-order valence-electron chi connectivity index (χ3n) is 7.52. The molecular weight excluding hydrogens is 508 g/mol. The van der Waals surface area contributed by atoms with Gasteiger partial charge in [-0.1, -0.05) is 77.6 Å². The van der Waals surface area contributed by atoms with E-state index in [2.05, 4.69) is 88.4 Å². The van der Waals surface area contributed by atoms with Crippen LogP contribution in [0.25, 0.3) is 21.5 Å². The Labute approximate surface area is 247 Å². The van der Waals surface area contributed by atoms with Gasteiger partial charge in [-0.2, -0.15) is 0 Å². The van der Waals surface area contributed by atoms with E-state index in [1.54, 1.807) is 0 Å². The highest BCUT2D eigenvalue weighted by Gasteiger charge is 2.17. The van der Waals surface area contributed by atoms with Crippen molar-refractivity contribution in [1.82, 2.24) is 0 Å². The summed E-state index contributed by atoms with van der Waals surface area (Å²) in [6.45, 7) is 11.7. The molecule has 0 aliphatic carbocycles. The van der Waals surface area contributed by atoms with E-state index in [0.717, 1.165) is 98.4 Å². The van der Waals surface area contributed by atoms with Crippen LogP contribution < -0.4 is 18.9 Å². The Kier molecular flexibility index (Phi) is 12.0. The first-order valence-corrected chi connectivity index (χ1v) is 15.8. The number of fused-ring (bicyclic) bond motifs is 2. The molecule has 0 aliphatic heterocycles. The molecule has 0 fully saturated rings. The van der Waals surface area contributed by atoms with Gasteiger partial charge in [0.2, 0.25) is 0 Å². The molecule has 0 spiro atoms. The highest BCUT2D eigenvalue weighted by atomic mass is 16.5. The van der Waals surface area contributed by atoms with Crippen molar-refractivity contribution in [2.75, 3.05) is 26.4 Å². The van der Waals surface area contributed by atoms with Crippen LogP contribution in [0.15, 0.2) is 60.7 Å². The van der Waals surface area contributed by atoms with Crippen molar-refractivity contribution in [2.45, 2.75) is 85.5 Å². The zero-order valence-electron chi connectivity index (χ0n) is 25.6.